The van der Waals surface area contributed by atoms with Gasteiger partial charge in [0.1, 0.15) is 5.69 Å². The molecule has 0 saturated heterocycles. The van der Waals surface area contributed by atoms with E-state index < -0.39 is 23.1 Å². The first kappa shape index (κ1) is 32.9. The molecule has 3 heterocycles. The molecule has 10 heteroatoms. The standard InChI is InChI=1S/C38H38FN5O4/c1-24-27(20-33-35-28(12-16-41-33)19-26(23-43-35)21-40-17-18-45)5-2-6-29(24)30-7-3-8-31(34(30)39)44-36(46)32-10-9-25(22-42-32)11-15-38(37(47)48)13-4-14-38/h2-3,5-10,12,16,19,22-23,40,45H,4,11,13-15,17-18,20-21H2,1H3,(H,44,46)(H,47,48). The van der Waals surface area contributed by atoms with E-state index in [1.54, 1.807) is 36.7 Å². The smallest absolute Gasteiger partial charge is 0.309 e. The minimum absolute atomic E-state index is 0.0470. The third-order valence-electron chi connectivity index (χ3n) is 9.40. The number of hydrogen-bond donors (Lipinski definition) is 4. The van der Waals surface area contributed by atoms with Gasteiger partial charge in [0.15, 0.2) is 5.82 Å². The van der Waals surface area contributed by atoms with Gasteiger partial charge in [-0.15, -0.1) is 0 Å². The van der Waals surface area contributed by atoms with Crippen LogP contribution in [0.15, 0.2) is 79.3 Å². The van der Waals surface area contributed by atoms with E-state index in [-0.39, 0.29) is 18.0 Å². The highest BCUT2D eigenvalue weighted by Gasteiger charge is 2.43. The van der Waals surface area contributed by atoms with Crippen molar-refractivity contribution in [1.29, 1.82) is 0 Å². The Morgan fingerprint density at radius 2 is 1.75 bits per heavy atom. The second-order valence-electron chi connectivity index (χ2n) is 12.5. The quantitative estimate of drug-likeness (QED) is 0.110. The molecule has 48 heavy (non-hydrogen) atoms. The minimum atomic E-state index is -0.748. The van der Waals surface area contributed by atoms with Crippen molar-refractivity contribution in [3.8, 4) is 11.1 Å². The number of hydrogen-bond acceptors (Lipinski definition) is 7. The maximum Gasteiger partial charge on any atom is 0.309 e. The summed E-state index contributed by atoms with van der Waals surface area (Å²) in [4.78, 5) is 38.3. The van der Waals surface area contributed by atoms with Crippen molar-refractivity contribution >= 4 is 28.5 Å². The first-order valence-corrected chi connectivity index (χ1v) is 16.2. The van der Waals surface area contributed by atoms with Crippen molar-refractivity contribution in [1.82, 2.24) is 20.3 Å². The summed E-state index contributed by atoms with van der Waals surface area (Å²) in [7, 11) is 0. The number of rotatable bonds is 13. The number of pyridine rings is 3. The lowest BCUT2D eigenvalue weighted by molar-refractivity contribution is -0.155. The number of nitrogens with one attached hydrogen (secondary N) is 2. The van der Waals surface area contributed by atoms with Crippen LogP contribution in [0.25, 0.3) is 22.0 Å². The molecule has 0 spiro atoms. The van der Waals surface area contributed by atoms with Crippen molar-refractivity contribution in [2.75, 3.05) is 18.5 Å². The van der Waals surface area contributed by atoms with Gasteiger partial charge >= 0.3 is 5.97 Å². The van der Waals surface area contributed by atoms with Crippen LogP contribution in [-0.4, -0.2) is 50.2 Å². The molecule has 9 nitrogen and oxygen atoms in total. The number of aliphatic carboxylic acids is 1. The van der Waals surface area contributed by atoms with Gasteiger partial charge in [-0.25, -0.2) is 4.39 Å². The molecule has 1 amide bonds. The molecule has 0 unspecified atom stereocenters. The molecule has 1 aliphatic rings. The fourth-order valence-corrected chi connectivity index (χ4v) is 6.34. The van der Waals surface area contributed by atoms with Gasteiger partial charge in [-0.1, -0.05) is 42.8 Å². The summed E-state index contributed by atoms with van der Waals surface area (Å²) >= 11 is 0. The minimum Gasteiger partial charge on any atom is -0.481 e. The highest BCUT2D eigenvalue weighted by molar-refractivity contribution is 6.03. The maximum absolute atomic E-state index is 16.0. The fourth-order valence-electron chi connectivity index (χ4n) is 6.34. The maximum atomic E-state index is 16.0. The number of carboxylic acids is 1. The fraction of sp³-hybridized carbons (Fsp3) is 0.289. The van der Waals surface area contributed by atoms with Gasteiger partial charge in [-0.3, -0.25) is 24.5 Å². The average Bonchev–Trinajstić information content (AvgIpc) is 3.06. The van der Waals surface area contributed by atoms with Crippen molar-refractivity contribution in [3.63, 3.8) is 0 Å². The molecule has 4 N–H and O–H groups in total. The van der Waals surface area contributed by atoms with E-state index in [0.717, 1.165) is 45.3 Å². The van der Waals surface area contributed by atoms with Gasteiger partial charge in [-0.2, -0.15) is 0 Å². The summed E-state index contributed by atoms with van der Waals surface area (Å²) in [6.07, 6.45) is 9.08. The van der Waals surface area contributed by atoms with Gasteiger partial charge in [0.2, 0.25) is 0 Å². The Bertz CT molecular complexity index is 1960. The first-order valence-electron chi connectivity index (χ1n) is 16.2. The highest BCUT2D eigenvalue weighted by Crippen LogP contribution is 2.45. The number of carbonyl (C=O) groups is 2. The average molecular weight is 648 g/mol. The monoisotopic (exact) mass is 647 g/mol. The molecule has 0 bridgehead atoms. The van der Waals surface area contributed by atoms with Crippen LogP contribution in [0, 0.1) is 18.2 Å². The Hall–Kier alpha value is -5.06. The lowest BCUT2D eigenvalue weighted by atomic mass is 9.66. The van der Waals surface area contributed by atoms with Gasteiger partial charge in [0.05, 0.1) is 28.9 Å². The number of aliphatic hydroxyl groups is 1. The largest absolute Gasteiger partial charge is 0.481 e. The zero-order valence-corrected chi connectivity index (χ0v) is 26.8. The van der Waals surface area contributed by atoms with Gasteiger partial charge < -0.3 is 20.8 Å². The van der Waals surface area contributed by atoms with E-state index in [1.165, 1.54) is 6.07 Å². The second-order valence-corrected chi connectivity index (χ2v) is 12.5. The van der Waals surface area contributed by atoms with Crippen LogP contribution in [0.4, 0.5) is 10.1 Å². The molecule has 0 atom stereocenters. The molecular formula is C38H38FN5O4. The van der Waals surface area contributed by atoms with Crippen LogP contribution in [0.1, 0.15) is 64.1 Å². The number of fused-ring (bicyclic) bond motifs is 1. The molecule has 0 radical (unpaired) electrons. The summed E-state index contributed by atoms with van der Waals surface area (Å²) in [6.45, 7) is 3.14. The number of benzene rings is 2. The summed E-state index contributed by atoms with van der Waals surface area (Å²) in [5.41, 5.74) is 5.96. The third-order valence-corrected chi connectivity index (χ3v) is 9.40. The molecule has 3 aromatic heterocycles. The predicted molar refractivity (Wildman–Crippen MR) is 182 cm³/mol. The van der Waals surface area contributed by atoms with Crippen molar-refractivity contribution < 1.29 is 24.2 Å². The predicted octanol–water partition coefficient (Wildman–Crippen LogP) is 6.25. The van der Waals surface area contributed by atoms with Gasteiger partial charge in [-0.05, 0) is 84.7 Å². The normalized spacial score (nSPS) is 13.6. The molecule has 1 aliphatic carbocycles. The molecule has 1 fully saturated rings. The van der Waals surface area contributed by atoms with Crippen LogP contribution in [0.5, 0.6) is 0 Å². The van der Waals surface area contributed by atoms with Crippen LogP contribution in [0.3, 0.4) is 0 Å². The number of aryl methyl sites for hydroxylation is 1. The topological polar surface area (TPSA) is 137 Å². The Balaban J connectivity index is 1.17. The Morgan fingerprint density at radius 3 is 2.48 bits per heavy atom. The third kappa shape index (κ3) is 6.95. The molecule has 2 aromatic carbocycles. The number of amides is 1. The molecule has 0 aliphatic heterocycles. The van der Waals surface area contributed by atoms with E-state index in [1.807, 2.05) is 37.4 Å². The summed E-state index contributed by atoms with van der Waals surface area (Å²) in [6, 6.07) is 18.0. The lowest BCUT2D eigenvalue weighted by Crippen LogP contribution is -2.38. The van der Waals surface area contributed by atoms with E-state index in [9.17, 15) is 14.7 Å². The Morgan fingerprint density at radius 1 is 0.958 bits per heavy atom. The lowest BCUT2D eigenvalue weighted by Gasteiger charge is -2.37. The molecule has 246 valence electrons. The van der Waals surface area contributed by atoms with Crippen LogP contribution >= 0.6 is 0 Å². The first-order chi connectivity index (χ1) is 23.3. The summed E-state index contributed by atoms with van der Waals surface area (Å²) in [5.74, 6) is -1.83. The number of nitrogens with zero attached hydrogens (tertiary/aromatic N) is 3. The van der Waals surface area contributed by atoms with Gasteiger partial charge in [0, 0.05) is 49.1 Å². The molecule has 1 saturated carbocycles. The zero-order chi connectivity index (χ0) is 33.7. The van der Waals surface area contributed by atoms with Crippen LogP contribution < -0.4 is 10.6 Å². The number of aliphatic hydroxyl groups excluding tert-OH is 1. The number of halogens is 1. The number of anilines is 1. The SMILES string of the molecule is Cc1c(Cc2nccc3cc(CNCCO)cnc23)cccc1-c1cccc(NC(=O)c2ccc(CCC3(C(=O)O)CCC3)cn2)c1F. The zero-order valence-electron chi connectivity index (χ0n) is 26.8. The highest BCUT2D eigenvalue weighted by atomic mass is 19.1. The van der Waals surface area contributed by atoms with E-state index >= 15 is 4.39 Å². The number of carboxylic acid groups (broad SMARTS) is 1. The number of aromatic nitrogens is 3. The second kappa shape index (κ2) is 14.4. The number of carbonyl (C=O) groups excluding carboxylic acids is 1. The Labute approximate surface area is 278 Å². The summed E-state index contributed by atoms with van der Waals surface area (Å²) < 4.78 is 16.0. The van der Waals surface area contributed by atoms with E-state index in [2.05, 4.69) is 31.7 Å². The van der Waals surface area contributed by atoms with Crippen molar-refractivity contribution in [2.45, 2.75) is 52.0 Å². The van der Waals surface area contributed by atoms with Crippen LogP contribution in [0.2, 0.25) is 0 Å². The van der Waals surface area contributed by atoms with Gasteiger partial charge in [0.25, 0.3) is 5.91 Å². The van der Waals surface area contributed by atoms with Crippen molar-refractivity contribution in [3.05, 3.63) is 119 Å². The molecular weight excluding hydrogens is 609 g/mol. The summed E-state index contributed by atoms with van der Waals surface area (Å²) in [5, 5.41) is 25.4. The molecule has 6 rings (SSSR count). The van der Waals surface area contributed by atoms with E-state index in [4.69, 9.17) is 5.11 Å². The van der Waals surface area contributed by atoms with Crippen molar-refractivity contribution in [2.24, 2.45) is 5.41 Å². The Kier molecular flexibility index (Phi) is 9.84. The van der Waals surface area contributed by atoms with Crippen LogP contribution in [-0.2, 0) is 24.2 Å². The molecule has 5 aromatic rings. The van der Waals surface area contributed by atoms with E-state index in [0.29, 0.717) is 56.3 Å².